The van der Waals surface area contributed by atoms with E-state index in [0.717, 1.165) is 11.3 Å². The Morgan fingerprint density at radius 1 is 1.21 bits per heavy atom. The Labute approximate surface area is 197 Å². The Morgan fingerprint density at radius 3 is 2.74 bits per heavy atom. The van der Waals surface area contributed by atoms with Crippen molar-refractivity contribution in [1.82, 2.24) is 9.62 Å². The summed E-state index contributed by atoms with van der Waals surface area (Å²) in [6, 6.07) is 11.2. The van der Waals surface area contributed by atoms with E-state index in [4.69, 9.17) is 9.47 Å². The lowest BCUT2D eigenvalue weighted by molar-refractivity contribution is -0.125. The fourth-order valence-electron chi connectivity index (χ4n) is 4.82. The number of rotatable bonds is 5. The number of benzene rings is 2. The highest BCUT2D eigenvalue weighted by molar-refractivity contribution is 7.89. The topological polar surface area (TPSA) is 126 Å². The molecule has 3 heterocycles. The van der Waals surface area contributed by atoms with E-state index in [9.17, 15) is 18.0 Å². The highest BCUT2D eigenvalue weighted by Gasteiger charge is 2.53. The smallest absolute Gasteiger partial charge is 0.247 e. The number of carbonyl (C=O) groups excluding carboxylic acids is 2. The first kappa shape index (κ1) is 22.6. The molecule has 0 aliphatic carbocycles. The molecule has 2 aromatic carbocycles. The number of hydrogen-bond donors (Lipinski definition) is 3. The van der Waals surface area contributed by atoms with Crippen molar-refractivity contribution in [3.63, 3.8) is 0 Å². The molecule has 180 valence electrons. The van der Waals surface area contributed by atoms with Crippen molar-refractivity contribution in [1.29, 1.82) is 0 Å². The maximum absolute atomic E-state index is 13.1. The number of methoxy groups -OCH3 is 1. The summed E-state index contributed by atoms with van der Waals surface area (Å²) in [6.07, 6.45) is 0.313. The van der Waals surface area contributed by atoms with Crippen LogP contribution in [0.15, 0.2) is 47.4 Å². The summed E-state index contributed by atoms with van der Waals surface area (Å²) in [5.41, 5.74) is 1.32. The van der Waals surface area contributed by atoms with E-state index in [1.165, 1.54) is 29.6 Å². The number of para-hydroxylation sites is 1. The number of anilines is 2. The van der Waals surface area contributed by atoms with Gasteiger partial charge in [0.05, 0.1) is 36.3 Å². The summed E-state index contributed by atoms with van der Waals surface area (Å²) >= 11 is 0. The largest absolute Gasteiger partial charge is 0.495 e. The molecule has 5 rings (SSSR count). The Balaban J connectivity index is 1.34. The van der Waals surface area contributed by atoms with Gasteiger partial charge >= 0.3 is 0 Å². The molecular formula is C23H26N4O6S. The molecule has 2 unspecified atom stereocenters. The third-order valence-corrected chi connectivity index (χ3v) is 8.57. The van der Waals surface area contributed by atoms with Gasteiger partial charge in [-0.3, -0.25) is 9.59 Å². The van der Waals surface area contributed by atoms with Crippen molar-refractivity contribution in [2.24, 2.45) is 0 Å². The first-order chi connectivity index (χ1) is 16.3. The molecule has 2 fully saturated rings. The first-order valence-corrected chi connectivity index (χ1v) is 12.5. The van der Waals surface area contributed by atoms with Crippen LogP contribution in [0, 0.1) is 0 Å². The van der Waals surface area contributed by atoms with Crippen molar-refractivity contribution in [2.75, 3.05) is 50.6 Å². The zero-order valence-corrected chi connectivity index (χ0v) is 19.5. The van der Waals surface area contributed by atoms with Crippen LogP contribution in [0.25, 0.3) is 0 Å². The molecule has 2 aromatic rings. The number of hydrogen-bond acceptors (Lipinski definition) is 7. The SMILES string of the molecule is COc1cc(S(=O)(=O)N2CCOCC2)ccc1NC(=O)C1CC2(CNc3ccccc32)C(=O)N1. The van der Waals surface area contributed by atoms with Gasteiger partial charge in [-0.1, -0.05) is 18.2 Å². The van der Waals surface area contributed by atoms with E-state index in [1.54, 1.807) is 0 Å². The quantitative estimate of drug-likeness (QED) is 0.573. The number of nitrogens with zero attached hydrogens (tertiary/aromatic N) is 1. The lowest BCUT2D eigenvalue weighted by Gasteiger charge is -2.26. The molecule has 2 atom stereocenters. The van der Waals surface area contributed by atoms with Crippen LogP contribution in [0.2, 0.25) is 0 Å². The van der Waals surface area contributed by atoms with Gasteiger partial charge in [0.15, 0.2) is 0 Å². The lowest BCUT2D eigenvalue weighted by Crippen LogP contribution is -2.40. The summed E-state index contributed by atoms with van der Waals surface area (Å²) in [5, 5.41) is 8.86. The second kappa shape index (κ2) is 8.57. The molecule has 0 radical (unpaired) electrons. The Morgan fingerprint density at radius 2 is 1.97 bits per heavy atom. The molecule has 0 bridgehead atoms. The van der Waals surface area contributed by atoms with Gasteiger partial charge in [-0.05, 0) is 30.2 Å². The minimum absolute atomic E-state index is 0.0750. The fourth-order valence-corrected chi connectivity index (χ4v) is 6.24. The molecule has 3 aliphatic rings. The van der Waals surface area contributed by atoms with Gasteiger partial charge in [0.2, 0.25) is 21.8 Å². The summed E-state index contributed by atoms with van der Waals surface area (Å²) in [6.45, 7) is 1.69. The lowest BCUT2D eigenvalue weighted by atomic mass is 9.79. The van der Waals surface area contributed by atoms with Crippen LogP contribution in [0.3, 0.4) is 0 Å². The number of morpholine rings is 1. The van der Waals surface area contributed by atoms with E-state index >= 15 is 0 Å². The van der Waals surface area contributed by atoms with Crippen LogP contribution < -0.4 is 20.7 Å². The van der Waals surface area contributed by atoms with E-state index < -0.39 is 27.4 Å². The molecule has 1 spiro atoms. The van der Waals surface area contributed by atoms with Gasteiger partial charge in [-0.25, -0.2) is 8.42 Å². The number of nitrogens with one attached hydrogen (secondary N) is 3. The highest BCUT2D eigenvalue weighted by Crippen LogP contribution is 2.43. The van der Waals surface area contributed by atoms with Crippen molar-refractivity contribution in [3.05, 3.63) is 48.0 Å². The number of sulfonamides is 1. The van der Waals surface area contributed by atoms with Gasteiger partial charge in [0.1, 0.15) is 11.8 Å². The van der Waals surface area contributed by atoms with Crippen molar-refractivity contribution in [2.45, 2.75) is 22.8 Å². The molecule has 0 aromatic heterocycles. The van der Waals surface area contributed by atoms with Crippen LogP contribution in [-0.2, 0) is 29.8 Å². The first-order valence-electron chi connectivity index (χ1n) is 11.1. The molecule has 2 amide bonds. The predicted octanol–water partition coefficient (Wildman–Crippen LogP) is 0.907. The third-order valence-electron chi connectivity index (χ3n) is 6.67. The van der Waals surface area contributed by atoms with Gasteiger partial charge in [-0.2, -0.15) is 4.31 Å². The Hall–Kier alpha value is -3.15. The average molecular weight is 487 g/mol. The monoisotopic (exact) mass is 486 g/mol. The second-order valence-electron chi connectivity index (χ2n) is 8.58. The molecule has 34 heavy (non-hydrogen) atoms. The van der Waals surface area contributed by atoms with E-state index in [1.807, 2.05) is 24.3 Å². The average Bonchev–Trinajstić information content (AvgIpc) is 3.40. The third kappa shape index (κ3) is 3.69. The van der Waals surface area contributed by atoms with Gasteiger partial charge in [-0.15, -0.1) is 0 Å². The fraction of sp³-hybridized carbons (Fsp3) is 0.391. The van der Waals surface area contributed by atoms with Crippen LogP contribution in [0.5, 0.6) is 5.75 Å². The van der Waals surface area contributed by atoms with Crippen LogP contribution in [-0.4, -0.2) is 70.5 Å². The molecule has 10 nitrogen and oxygen atoms in total. The molecular weight excluding hydrogens is 460 g/mol. The maximum atomic E-state index is 13.1. The summed E-state index contributed by atoms with van der Waals surface area (Å²) in [7, 11) is -2.30. The number of fused-ring (bicyclic) bond motifs is 2. The van der Waals surface area contributed by atoms with E-state index in [2.05, 4.69) is 16.0 Å². The standard InChI is InChI=1S/C23H26N4O6S/c1-32-20-12-15(34(30,31)27-8-10-33-11-9-27)6-7-18(20)25-21(28)19-13-23(22(29)26-19)14-24-17-5-3-2-4-16(17)23/h2-7,12,19,24H,8-11,13-14H2,1H3,(H,25,28)(H,26,29). The van der Waals surface area contributed by atoms with E-state index in [-0.39, 0.29) is 29.6 Å². The summed E-state index contributed by atoms with van der Waals surface area (Å²) in [4.78, 5) is 26.1. The zero-order chi connectivity index (χ0) is 23.9. The van der Waals surface area contributed by atoms with Crippen molar-refractivity contribution in [3.8, 4) is 5.75 Å². The second-order valence-corrected chi connectivity index (χ2v) is 10.5. The number of carbonyl (C=O) groups is 2. The van der Waals surface area contributed by atoms with Crippen molar-refractivity contribution < 1.29 is 27.5 Å². The van der Waals surface area contributed by atoms with E-state index in [0.29, 0.717) is 31.9 Å². The highest BCUT2D eigenvalue weighted by atomic mass is 32.2. The molecule has 11 heteroatoms. The maximum Gasteiger partial charge on any atom is 0.247 e. The van der Waals surface area contributed by atoms with Crippen LogP contribution in [0.4, 0.5) is 11.4 Å². The zero-order valence-electron chi connectivity index (χ0n) is 18.7. The van der Waals surface area contributed by atoms with Crippen LogP contribution in [0.1, 0.15) is 12.0 Å². The van der Waals surface area contributed by atoms with Crippen molar-refractivity contribution >= 4 is 33.2 Å². The van der Waals surface area contributed by atoms with Gasteiger partial charge in [0, 0.05) is 31.4 Å². The molecule has 0 saturated carbocycles. The minimum atomic E-state index is -3.71. The minimum Gasteiger partial charge on any atom is -0.495 e. The summed E-state index contributed by atoms with van der Waals surface area (Å²) in [5.74, 6) is -0.365. The predicted molar refractivity (Wildman–Crippen MR) is 124 cm³/mol. The number of ether oxygens (including phenoxy) is 2. The molecule has 3 N–H and O–H groups in total. The Kier molecular flexibility index (Phi) is 5.70. The van der Waals surface area contributed by atoms with Gasteiger partial charge in [0.25, 0.3) is 0 Å². The summed E-state index contributed by atoms with van der Waals surface area (Å²) < 4.78 is 37.9. The number of amides is 2. The molecule has 2 saturated heterocycles. The van der Waals surface area contributed by atoms with Gasteiger partial charge < -0.3 is 25.4 Å². The van der Waals surface area contributed by atoms with Crippen LogP contribution >= 0.6 is 0 Å². The normalized spacial score (nSPS) is 24.4. The Bertz CT molecular complexity index is 1240. The molecule has 3 aliphatic heterocycles.